The third kappa shape index (κ3) is 3.97. The number of hydrogen-bond acceptors (Lipinski definition) is 3. The Hall–Kier alpha value is -1.53. The van der Waals surface area contributed by atoms with Crippen molar-refractivity contribution in [3.8, 4) is 11.8 Å². The van der Waals surface area contributed by atoms with Gasteiger partial charge in [0, 0.05) is 13.1 Å². The molecule has 0 N–H and O–H groups in total. The number of ether oxygens (including phenoxy) is 1. The molecule has 3 heteroatoms. The summed E-state index contributed by atoms with van der Waals surface area (Å²) >= 11 is 0. The first kappa shape index (κ1) is 13.9. The third-order valence-corrected chi connectivity index (χ3v) is 3.64. The maximum absolute atomic E-state index is 8.97. The molecule has 102 valence electrons. The quantitative estimate of drug-likeness (QED) is 0.762. The molecule has 0 atom stereocenters. The van der Waals surface area contributed by atoms with Crippen molar-refractivity contribution in [3.05, 3.63) is 29.8 Å². The van der Waals surface area contributed by atoms with E-state index in [-0.39, 0.29) is 0 Å². The normalized spacial score (nSPS) is 18.2. The van der Waals surface area contributed by atoms with E-state index in [0.717, 1.165) is 13.0 Å². The summed E-state index contributed by atoms with van der Waals surface area (Å²) < 4.78 is 5.69. The van der Waals surface area contributed by atoms with Crippen LogP contribution in [-0.2, 0) is 0 Å². The predicted molar refractivity (Wildman–Crippen MR) is 76.1 cm³/mol. The Morgan fingerprint density at radius 1 is 1.37 bits per heavy atom. The van der Waals surface area contributed by atoms with E-state index in [1.807, 2.05) is 18.2 Å². The fourth-order valence-electron chi connectivity index (χ4n) is 2.57. The van der Waals surface area contributed by atoms with Crippen molar-refractivity contribution in [1.82, 2.24) is 4.90 Å². The molecule has 0 saturated carbocycles. The fourth-order valence-corrected chi connectivity index (χ4v) is 2.57. The summed E-state index contributed by atoms with van der Waals surface area (Å²) in [5.74, 6) is 0.701. The summed E-state index contributed by atoms with van der Waals surface area (Å²) in [6.45, 7) is 8.79. The third-order valence-electron chi connectivity index (χ3n) is 3.64. The van der Waals surface area contributed by atoms with E-state index in [0.29, 0.717) is 23.3 Å². The summed E-state index contributed by atoms with van der Waals surface area (Å²) in [6.07, 6.45) is 2.29. The number of nitrogens with zero attached hydrogens (tertiary/aromatic N) is 2. The summed E-state index contributed by atoms with van der Waals surface area (Å²) in [7, 11) is 0. The lowest BCUT2D eigenvalue weighted by Crippen LogP contribution is -2.25. The van der Waals surface area contributed by atoms with E-state index in [2.05, 4.69) is 24.8 Å². The molecule has 0 bridgehead atoms. The molecular weight excluding hydrogens is 236 g/mol. The Bertz CT molecular complexity index is 462. The molecule has 1 aromatic carbocycles. The second kappa shape index (κ2) is 6.08. The van der Waals surface area contributed by atoms with Crippen LogP contribution in [0.2, 0.25) is 0 Å². The minimum absolute atomic E-state index is 0.467. The zero-order chi connectivity index (χ0) is 13.7. The largest absolute Gasteiger partial charge is 0.492 e. The summed E-state index contributed by atoms with van der Waals surface area (Å²) in [5, 5.41) is 8.97. The van der Waals surface area contributed by atoms with Crippen molar-refractivity contribution in [2.45, 2.75) is 26.7 Å². The topological polar surface area (TPSA) is 36.3 Å². The van der Waals surface area contributed by atoms with E-state index in [9.17, 15) is 0 Å². The zero-order valence-electron chi connectivity index (χ0n) is 11.9. The van der Waals surface area contributed by atoms with E-state index in [4.69, 9.17) is 10.00 Å². The second-order valence-corrected chi connectivity index (χ2v) is 6.00. The zero-order valence-corrected chi connectivity index (χ0v) is 11.9. The Morgan fingerprint density at radius 3 is 2.84 bits per heavy atom. The Morgan fingerprint density at radius 2 is 2.16 bits per heavy atom. The Balaban J connectivity index is 1.72. The number of likely N-dealkylation sites (tertiary alicyclic amines) is 1. The standard InChI is InChI=1S/C16H22N2O/c1-16(2)8-10-18(13-16)9-5-11-19-15-7-4-3-6-14(15)12-17/h3-4,6-7H,5,8-11,13H2,1-2H3. The first-order chi connectivity index (χ1) is 9.11. The van der Waals surface area contributed by atoms with Gasteiger partial charge in [-0.3, -0.25) is 0 Å². The smallest absolute Gasteiger partial charge is 0.137 e. The van der Waals surface area contributed by atoms with Crippen molar-refractivity contribution in [2.75, 3.05) is 26.2 Å². The van der Waals surface area contributed by atoms with Gasteiger partial charge in [-0.05, 0) is 36.9 Å². The highest BCUT2D eigenvalue weighted by Gasteiger charge is 2.28. The highest BCUT2D eigenvalue weighted by Crippen LogP contribution is 2.28. The molecule has 0 unspecified atom stereocenters. The molecule has 3 nitrogen and oxygen atoms in total. The number of benzene rings is 1. The summed E-state index contributed by atoms with van der Waals surface area (Å²) in [4.78, 5) is 2.50. The van der Waals surface area contributed by atoms with Crippen LogP contribution in [0.3, 0.4) is 0 Å². The molecule has 1 aromatic rings. The van der Waals surface area contributed by atoms with Crippen molar-refractivity contribution < 1.29 is 4.74 Å². The van der Waals surface area contributed by atoms with Gasteiger partial charge >= 0.3 is 0 Å². The Kier molecular flexibility index (Phi) is 4.44. The summed E-state index contributed by atoms with van der Waals surface area (Å²) in [6, 6.07) is 9.56. The average molecular weight is 258 g/mol. The van der Waals surface area contributed by atoms with E-state index in [1.54, 1.807) is 6.07 Å². The molecule has 0 aliphatic carbocycles. The minimum Gasteiger partial charge on any atom is -0.492 e. The average Bonchev–Trinajstić information content (AvgIpc) is 2.75. The highest BCUT2D eigenvalue weighted by atomic mass is 16.5. The van der Waals surface area contributed by atoms with Crippen molar-refractivity contribution in [2.24, 2.45) is 5.41 Å². The van der Waals surface area contributed by atoms with Gasteiger partial charge in [-0.15, -0.1) is 0 Å². The van der Waals surface area contributed by atoms with Crippen LogP contribution >= 0.6 is 0 Å². The molecular formula is C16H22N2O. The van der Waals surface area contributed by atoms with Gasteiger partial charge in [-0.2, -0.15) is 5.26 Å². The van der Waals surface area contributed by atoms with E-state index >= 15 is 0 Å². The van der Waals surface area contributed by atoms with Gasteiger partial charge in [-0.1, -0.05) is 26.0 Å². The van der Waals surface area contributed by atoms with Crippen LogP contribution in [0, 0.1) is 16.7 Å². The second-order valence-electron chi connectivity index (χ2n) is 6.00. The van der Waals surface area contributed by atoms with Crippen LogP contribution in [0.1, 0.15) is 32.3 Å². The van der Waals surface area contributed by atoms with Crippen LogP contribution in [-0.4, -0.2) is 31.1 Å². The molecule has 2 rings (SSSR count). The van der Waals surface area contributed by atoms with Crippen LogP contribution in [0.25, 0.3) is 0 Å². The molecule has 19 heavy (non-hydrogen) atoms. The molecule has 0 spiro atoms. The lowest BCUT2D eigenvalue weighted by Gasteiger charge is -2.19. The number of para-hydroxylation sites is 1. The first-order valence-corrected chi connectivity index (χ1v) is 6.95. The molecule has 0 amide bonds. The SMILES string of the molecule is CC1(C)CCN(CCCOc2ccccc2C#N)C1. The van der Waals surface area contributed by atoms with E-state index in [1.165, 1.54) is 19.5 Å². The van der Waals surface area contributed by atoms with Crippen LogP contribution in [0.15, 0.2) is 24.3 Å². The number of rotatable bonds is 5. The van der Waals surface area contributed by atoms with Gasteiger partial charge in [0.25, 0.3) is 0 Å². The number of hydrogen-bond donors (Lipinski definition) is 0. The molecule has 0 radical (unpaired) electrons. The lowest BCUT2D eigenvalue weighted by molar-refractivity contribution is 0.247. The van der Waals surface area contributed by atoms with Crippen LogP contribution < -0.4 is 4.74 Å². The van der Waals surface area contributed by atoms with Gasteiger partial charge in [0.2, 0.25) is 0 Å². The molecule has 1 aliphatic heterocycles. The molecule has 1 aliphatic rings. The number of nitriles is 1. The summed E-state index contributed by atoms with van der Waals surface area (Å²) in [5.41, 5.74) is 1.08. The van der Waals surface area contributed by atoms with Gasteiger partial charge in [0.15, 0.2) is 0 Å². The molecule has 1 heterocycles. The maximum Gasteiger partial charge on any atom is 0.137 e. The van der Waals surface area contributed by atoms with Crippen LogP contribution in [0.4, 0.5) is 0 Å². The first-order valence-electron chi connectivity index (χ1n) is 6.95. The van der Waals surface area contributed by atoms with Gasteiger partial charge in [-0.25, -0.2) is 0 Å². The van der Waals surface area contributed by atoms with Gasteiger partial charge < -0.3 is 9.64 Å². The van der Waals surface area contributed by atoms with Gasteiger partial charge in [0.05, 0.1) is 12.2 Å². The highest BCUT2D eigenvalue weighted by molar-refractivity contribution is 5.42. The maximum atomic E-state index is 8.97. The molecule has 1 fully saturated rings. The monoisotopic (exact) mass is 258 g/mol. The van der Waals surface area contributed by atoms with E-state index < -0.39 is 0 Å². The minimum atomic E-state index is 0.467. The molecule has 1 saturated heterocycles. The van der Waals surface area contributed by atoms with Gasteiger partial charge in [0.1, 0.15) is 11.8 Å². The Labute approximate surface area is 115 Å². The van der Waals surface area contributed by atoms with Crippen molar-refractivity contribution in [1.29, 1.82) is 5.26 Å². The molecule has 0 aromatic heterocycles. The van der Waals surface area contributed by atoms with Crippen molar-refractivity contribution >= 4 is 0 Å². The van der Waals surface area contributed by atoms with Crippen molar-refractivity contribution in [3.63, 3.8) is 0 Å². The predicted octanol–water partition coefficient (Wildman–Crippen LogP) is 3.06. The lowest BCUT2D eigenvalue weighted by atomic mass is 9.93. The fraction of sp³-hybridized carbons (Fsp3) is 0.562. The van der Waals surface area contributed by atoms with Crippen LogP contribution in [0.5, 0.6) is 5.75 Å².